The van der Waals surface area contributed by atoms with Crippen LogP contribution in [0.25, 0.3) is 10.9 Å². The maximum atomic E-state index is 12.7. The van der Waals surface area contributed by atoms with Crippen LogP contribution in [0.2, 0.25) is 0 Å². The number of benzene rings is 1. The predicted molar refractivity (Wildman–Crippen MR) is 112 cm³/mol. The number of fused-ring (bicyclic) bond motifs is 1. The van der Waals surface area contributed by atoms with Crippen LogP contribution in [0.1, 0.15) is 31.7 Å². The molecule has 0 unspecified atom stereocenters. The van der Waals surface area contributed by atoms with Crippen LogP contribution in [0.3, 0.4) is 0 Å². The zero-order valence-electron chi connectivity index (χ0n) is 17.0. The number of ether oxygens (including phenoxy) is 2. The van der Waals surface area contributed by atoms with Gasteiger partial charge in [0.05, 0.1) is 18.2 Å². The van der Waals surface area contributed by atoms with E-state index in [1.807, 2.05) is 6.07 Å². The highest BCUT2D eigenvalue weighted by atomic mass is 16.5. The maximum Gasteiger partial charge on any atom is 0.350 e. The van der Waals surface area contributed by atoms with Gasteiger partial charge < -0.3 is 25.9 Å². The Hall–Kier alpha value is -2.52. The van der Waals surface area contributed by atoms with Gasteiger partial charge in [0.1, 0.15) is 5.52 Å². The van der Waals surface area contributed by atoms with Crippen molar-refractivity contribution in [2.75, 3.05) is 44.7 Å². The van der Waals surface area contributed by atoms with Crippen molar-refractivity contribution >= 4 is 16.6 Å². The van der Waals surface area contributed by atoms with E-state index in [4.69, 9.17) is 21.1 Å². The second-order valence-corrected chi connectivity index (χ2v) is 8.01. The Bertz CT molecular complexity index is 1030. The first-order valence-corrected chi connectivity index (χ1v) is 10.1. The van der Waals surface area contributed by atoms with E-state index in [0.29, 0.717) is 33.9 Å². The first-order valence-electron chi connectivity index (χ1n) is 10.1. The smallest absolute Gasteiger partial charge is 0.350 e. The minimum atomic E-state index is -0.507. The van der Waals surface area contributed by atoms with Crippen molar-refractivity contribution < 1.29 is 9.47 Å². The Morgan fingerprint density at radius 2 is 1.97 bits per heavy atom. The highest BCUT2D eigenvalue weighted by Gasteiger charge is 2.33. The molecule has 4 N–H and O–H groups in total. The van der Waals surface area contributed by atoms with Gasteiger partial charge >= 0.3 is 5.69 Å². The molecule has 1 aromatic carbocycles. The summed E-state index contributed by atoms with van der Waals surface area (Å²) in [5, 5.41) is 0.396. The van der Waals surface area contributed by atoms with Gasteiger partial charge in [0, 0.05) is 38.9 Å². The van der Waals surface area contributed by atoms with Gasteiger partial charge in [-0.05, 0) is 43.7 Å². The largest absolute Gasteiger partial charge is 0.492 e. The van der Waals surface area contributed by atoms with Crippen molar-refractivity contribution in [3.63, 3.8) is 0 Å². The molecule has 29 heavy (non-hydrogen) atoms. The number of hydrogen-bond acceptors (Lipinski definition) is 7. The average molecular weight is 403 g/mol. The zero-order chi connectivity index (χ0) is 20.7. The van der Waals surface area contributed by atoms with Gasteiger partial charge in [-0.15, -0.1) is 0 Å². The second-order valence-electron chi connectivity index (χ2n) is 8.01. The topological polar surface area (TPSA) is 118 Å². The summed E-state index contributed by atoms with van der Waals surface area (Å²) < 4.78 is 13.2. The molecule has 9 nitrogen and oxygen atoms in total. The number of hydrogen-bond donors (Lipinski definition) is 2. The third-order valence-corrected chi connectivity index (χ3v) is 6.16. The fourth-order valence-electron chi connectivity index (χ4n) is 4.37. The van der Waals surface area contributed by atoms with Gasteiger partial charge in [0.25, 0.3) is 5.56 Å². The summed E-state index contributed by atoms with van der Waals surface area (Å²) in [5.74, 6) is 6.66. The van der Waals surface area contributed by atoms with Crippen LogP contribution >= 0.6 is 0 Å². The Kier molecular flexibility index (Phi) is 5.26. The molecule has 1 aliphatic heterocycles. The molecule has 158 valence electrons. The lowest BCUT2D eigenvalue weighted by molar-refractivity contribution is 0.180. The summed E-state index contributed by atoms with van der Waals surface area (Å²) in [6.45, 7) is 2.29. The van der Waals surface area contributed by atoms with Gasteiger partial charge in [-0.3, -0.25) is 9.36 Å². The lowest BCUT2D eigenvalue weighted by Crippen LogP contribution is -2.44. The van der Waals surface area contributed by atoms with E-state index < -0.39 is 11.2 Å². The van der Waals surface area contributed by atoms with Crippen molar-refractivity contribution in [3.8, 4) is 5.75 Å². The van der Waals surface area contributed by atoms with Crippen LogP contribution in [-0.4, -0.2) is 49.2 Å². The summed E-state index contributed by atoms with van der Waals surface area (Å²) in [5.41, 5.74) is 6.77. The van der Waals surface area contributed by atoms with Crippen molar-refractivity contribution in [2.45, 2.75) is 37.8 Å². The Morgan fingerprint density at radius 3 is 2.62 bits per heavy atom. The van der Waals surface area contributed by atoms with Gasteiger partial charge in [0.2, 0.25) is 0 Å². The van der Waals surface area contributed by atoms with E-state index in [9.17, 15) is 9.59 Å². The lowest BCUT2D eigenvalue weighted by atomic mass is 9.97. The molecule has 1 aliphatic carbocycles. The van der Waals surface area contributed by atoms with Gasteiger partial charge in [0.15, 0.2) is 5.75 Å². The van der Waals surface area contributed by atoms with Crippen LogP contribution in [0.4, 0.5) is 5.69 Å². The van der Waals surface area contributed by atoms with Crippen molar-refractivity contribution in [3.05, 3.63) is 33.0 Å². The molecule has 1 saturated carbocycles. The van der Waals surface area contributed by atoms with Crippen molar-refractivity contribution in [1.29, 1.82) is 0 Å². The second kappa shape index (κ2) is 7.72. The minimum absolute atomic E-state index is 0.0540. The number of nitrogen functional groups attached to an aromatic ring is 1. The van der Waals surface area contributed by atoms with E-state index >= 15 is 0 Å². The summed E-state index contributed by atoms with van der Waals surface area (Å²) in [7, 11) is 3.26. The summed E-state index contributed by atoms with van der Waals surface area (Å²) in [6, 6.07) is 3.75. The van der Waals surface area contributed by atoms with Crippen LogP contribution in [0, 0.1) is 5.92 Å². The standard InChI is InChI=1S/C20H29N5O4/c1-28-10-8-15(21)12-7-9-23(11-12)16-6-5-14-17(18(16)29-2)24(13-3-4-13)20(27)25(22)19(14)26/h5-6,12-13,15H,3-4,7-11,21-22H2,1-2H3/t12-,15+/m1/s1. The van der Waals surface area contributed by atoms with Crippen LogP contribution in [0.15, 0.2) is 21.7 Å². The number of rotatable bonds is 7. The SMILES string of the molecule is COCC[C@H](N)[C@@H]1CCN(c2ccc3c(=O)n(N)c(=O)n(C4CC4)c3c2OC)C1. The van der Waals surface area contributed by atoms with E-state index in [2.05, 4.69) is 4.90 Å². The Labute approximate surface area is 168 Å². The molecule has 1 saturated heterocycles. The van der Waals surface area contributed by atoms with E-state index in [-0.39, 0.29) is 12.1 Å². The Balaban J connectivity index is 1.77. The highest BCUT2D eigenvalue weighted by molar-refractivity contribution is 5.90. The molecule has 2 aromatic rings. The molecular formula is C20H29N5O4. The van der Waals surface area contributed by atoms with E-state index in [0.717, 1.165) is 44.5 Å². The number of methoxy groups -OCH3 is 2. The third-order valence-electron chi connectivity index (χ3n) is 6.16. The molecule has 2 fully saturated rings. The molecule has 1 aromatic heterocycles. The number of nitrogens with zero attached hydrogens (tertiary/aromatic N) is 3. The zero-order valence-corrected chi connectivity index (χ0v) is 17.0. The van der Waals surface area contributed by atoms with Gasteiger partial charge in [-0.1, -0.05) is 0 Å². The predicted octanol–water partition coefficient (Wildman–Crippen LogP) is 0.411. The van der Waals surface area contributed by atoms with Crippen LogP contribution < -0.4 is 32.5 Å². The Morgan fingerprint density at radius 1 is 1.21 bits per heavy atom. The van der Waals surface area contributed by atoms with E-state index in [1.54, 1.807) is 24.9 Å². The van der Waals surface area contributed by atoms with Crippen molar-refractivity contribution in [1.82, 2.24) is 9.24 Å². The first-order chi connectivity index (χ1) is 14.0. The summed E-state index contributed by atoms with van der Waals surface area (Å²) in [4.78, 5) is 27.6. The fourth-order valence-corrected chi connectivity index (χ4v) is 4.37. The highest BCUT2D eigenvalue weighted by Crippen LogP contribution is 2.42. The van der Waals surface area contributed by atoms with Gasteiger partial charge in [-0.25, -0.2) is 4.79 Å². The molecule has 0 amide bonds. The molecule has 2 aliphatic rings. The number of nitrogens with two attached hydrogens (primary N) is 2. The van der Waals surface area contributed by atoms with Crippen LogP contribution in [-0.2, 0) is 4.74 Å². The average Bonchev–Trinajstić information content (AvgIpc) is 3.44. The molecule has 0 radical (unpaired) electrons. The molecule has 2 atom stereocenters. The molecule has 0 spiro atoms. The first kappa shape index (κ1) is 19.8. The lowest BCUT2D eigenvalue weighted by Gasteiger charge is -2.25. The van der Waals surface area contributed by atoms with E-state index in [1.165, 1.54) is 0 Å². The third kappa shape index (κ3) is 3.38. The fraction of sp³-hybridized carbons (Fsp3) is 0.600. The summed E-state index contributed by atoms with van der Waals surface area (Å²) >= 11 is 0. The molecular weight excluding hydrogens is 374 g/mol. The maximum absolute atomic E-state index is 12.7. The minimum Gasteiger partial charge on any atom is -0.492 e. The monoisotopic (exact) mass is 403 g/mol. The molecule has 4 rings (SSSR count). The van der Waals surface area contributed by atoms with Crippen LogP contribution in [0.5, 0.6) is 5.75 Å². The number of aromatic nitrogens is 2. The molecule has 2 heterocycles. The normalized spacial score (nSPS) is 20.4. The number of anilines is 1. The van der Waals surface area contributed by atoms with Crippen molar-refractivity contribution in [2.24, 2.45) is 11.7 Å². The molecule has 9 heteroatoms. The summed E-state index contributed by atoms with van der Waals surface area (Å²) in [6.07, 6.45) is 3.58. The quantitative estimate of drug-likeness (QED) is 0.643. The van der Waals surface area contributed by atoms with Gasteiger partial charge in [-0.2, -0.15) is 4.68 Å². The molecule has 0 bridgehead atoms.